The zero-order valence-electron chi connectivity index (χ0n) is 26.7. The summed E-state index contributed by atoms with van der Waals surface area (Å²) in [6, 6.07) is 12.1. The molecule has 0 bridgehead atoms. The normalized spacial score (nSPS) is 16.6. The Morgan fingerprint density at radius 1 is 0.787 bits per heavy atom. The van der Waals surface area contributed by atoms with E-state index in [1.165, 1.54) is 45.0 Å². The van der Waals surface area contributed by atoms with Crippen molar-refractivity contribution < 1.29 is 22.3 Å². The lowest BCUT2D eigenvalue weighted by Gasteiger charge is -2.39. The van der Waals surface area contributed by atoms with Crippen LogP contribution in [0.25, 0.3) is 10.8 Å². The highest BCUT2D eigenvalue weighted by molar-refractivity contribution is 6.36. The summed E-state index contributed by atoms with van der Waals surface area (Å²) < 4.78 is 63.8. The van der Waals surface area contributed by atoms with E-state index < -0.39 is 34.6 Å². The molecule has 13 heteroatoms. The van der Waals surface area contributed by atoms with E-state index in [9.17, 15) is 17.6 Å². The molecule has 3 aliphatic rings. The van der Waals surface area contributed by atoms with Gasteiger partial charge >= 0.3 is 6.01 Å². The first-order valence-corrected chi connectivity index (χ1v) is 16.2. The summed E-state index contributed by atoms with van der Waals surface area (Å²) >= 11 is 6.59. The third-order valence-electron chi connectivity index (χ3n) is 9.09. The number of methoxy groups -OCH3 is 1. The average Bonchev–Trinajstić information content (AvgIpc) is 3.58. The molecule has 8 nitrogen and oxygen atoms in total. The van der Waals surface area contributed by atoms with Gasteiger partial charge in [0.25, 0.3) is 0 Å². The van der Waals surface area contributed by atoms with Crippen LogP contribution in [-0.2, 0) is 13.0 Å². The summed E-state index contributed by atoms with van der Waals surface area (Å²) in [5.41, 5.74) is 1.26. The van der Waals surface area contributed by atoms with Gasteiger partial charge in [-0.1, -0.05) is 35.9 Å². The number of piperazine rings is 1. The fraction of sp³-hybridized carbons (Fsp3) is 0.412. The molecule has 0 spiro atoms. The molecule has 0 unspecified atom stereocenters. The van der Waals surface area contributed by atoms with Gasteiger partial charge in [0.2, 0.25) is 0 Å². The fourth-order valence-corrected chi connectivity index (χ4v) is 6.90. The maximum absolute atomic E-state index is 14.8. The molecule has 0 radical (unpaired) electrons. The second kappa shape index (κ2) is 14.0. The highest BCUT2D eigenvalue weighted by atomic mass is 35.5. The Labute approximate surface area is 276 Å². The largest absolute Gasteiger partial charge is 0.467 e. The van der Waals surface area contributed by atoms with Crippen molar-refractivity contribution in [2.24, 2.45) is 0 Å². The Morgan fingerprint density at radius 2 is 1.43 bits per heavy atom. The standard InChI is InChI=1S/C29H27ClF4N6O.C5H11N/c1-35-26-22(31)24(33)27(25(34)23(26)32)38-11-13-39(14-12-38)28-17-9-10-40(15-19(17)36-29(37-28)41-2)20-8-4-6-16-5-3-7-18(30)21(16)20;1-6-4-2-3-5-6/h3-8,35H,9-15H2,1-2H3;2-5H2,1H3. The van der Waals surface area contributed by atoms with E-state index in [1.807, 2.05) is 41.3 Å². The predicted octanol–water partition coefficient (Wildman–Crippen LogP) is 6.49. The van der Waals surface area contributed by atoms with Crippen LogP contribution >= 0.6 is 11.6 Å². The van der Waals surface area contributed by atoms with Crippen molar-refractivity contribution >= 4 is 45.3 Å². The number of hydrogen-bond donors (Lipinski definition) is 1. The minimum atomic E-state index is -1.45. The molecular formula is C34H38ClF4N7O. The number of nitrogens with zero attached hydrogens (tertiary/aromatic N) is 6. The second-order valence-corrected chi connectivity index (χ2v) is 12.4. The number of hydrogen-bond acceptors (Lipinski definition) is 8. The Bertz CT molecular complexity index is 1730. The Morgan fingerprint density at radius 3 is 2.02 bits per heavy atom. The van der Waals surface area contributed by atoms with Crippen molar-refractivity contribution in [1.82, 2.24) is 14.9 Å². The van der Waals surface area contributed by atoms with Gasteiger partial charge in [0.05, 0.1) is 24.4 Å². The number of benzene rings is 3. The van der Waals surface area contributed by atoms with Crippen LogP contribution in [-0.4, -0.2) is 81.9 Å². The minimum Gasteiger partial charge on any atom is -0.467 e. The summed E-state index contributed by atoms with van der Waals surface area (Å²) in [4.78, 5) is 17.2. The molecule has 0 atom stereocenters. The highest BCUT2D eigenvalue weighted by Crippen LogP contribution is 2.38. The fourth-order valence-electron chi connectivity index (χ4n) is 6.62. The van der Waals surface area contributed by atoms with Crippen LogP contribution in [0.2, 0.25) is 5.02 Å². The van der Waals surface area contributed by atoms with Gasteiger partial charge in [0.15, 0.2) is 23.3 Å². The molecule has 0 amide bonds. The van der Waals surface area contributed by atoms with Crippen LogP contribution in [0.5, 0.6) is 6.01 Å². The first-order valence-electron chi connectivity index (χ1n) is 15.8. The first-order chi connectivity index (χ1) is 22.7. The Kier molecular flexibility index (Phi) is 9.79. The molecule has 4 heterocycles. The third-order valence-corrected chi connectivity index (χ3v) is 9.41. The third kappa shape index (κ3) is 6.45. The number of likely N-dealkylation sites (tertiary alicyclic amines) is 1. The second-order valence-electron chi connectivity index (χ2n) is 12.0. The SMILES string of the molecule is CN1CCCC1.CNc1c(F)c(F)c(N2CCN(c3nc(OC)nc4c3CCN(c3cccc5cccc(Cl)c35)C4)CC2)c(F)c1F. The van der Waals surface area contributed by atoms with Gasteiger partial charge in [-0.3, -0.25) is 0 Å². The number of rotatable bonds is 5. The van der Waals surface area contributed by atoms with E-state index in [4.69, 9.17) is 16.3 Å². The number of aromatic nitrogens is 2. The van der Waals surface area contributed by atoms with Gasteiger partial charge in [0.1, 0.15) is 17.2 Å². The zero-order chi connectivity index (χ0) is 33.2. The number of fused-ring (bicyclic) bond motifs is 2. The minimum absolute atomic E-state index is 0.132. The number of nitrogens with one attached hydrogen (secondary N) is 1. The van der Waals surface area contributed by atoms with Gasteiger partial charge < -0.3 is 29.7 Å². The van der Waals surface area contributed by atoms with E-state index in [0.717, 1.165) is 27.7 Å². The lowest BCUT2D eigenvalue weighted by molar-refractivity contribution is 0.376. The zero-order valence-corrected chi connectivity index (χ0v) is 27.5. The topological polar surface area (TPSA) is 60.0 Å². The lowest BCUT2D eigenvalue weighted by atomic mass is 10.0. The molecule has 2 fully saturated rings. The van der Waals surface area contributed by atoms with Crippen molar-refractivity contribution in [2.45, 2.75) is 25.8 Å². The van der Waals surface area contributed by atoms with Crippen LogP contribution in [0.1, 0.15) is 24.1 Å². The summed E-state index contributed by atoms with van der Waals surface area (Å²) in [7, 11) is 4.87. The van der Waals surface area contributed by atoms with Crippen LogP contribution in [0, 0.1) is 23.3 Å². The van der Waals surface area contributed by atoms with E-state index in [0.29, 0.717) is 43.4 Å². The van der Waals surface area contributed by atoms with Crippen LogP contribution < -0.4 is 24.8 Å². The Balaban J connectivity index is 0.000000580. The smallest absolute Gasteiger partial charge is 0.318 e. The van der Waals surface area contributed by atoms with Crippen molar-refractivity contribution in [3.63, 3.8) is 0 Å². The molecular weight excluding hydrogens is 634 g/mol. The predicted molar refractivity (Wildman–Crippen MR) is 179 cm³/mol. The summed E-state index contributed by atoms with van der Waals surface area (Å²) in [5.74, 6) is -5.05. The Hall–Kier alpha value is -4.03. The quantitative estimate of drug-likeness (QED) is 0.191. The van der Waals surface area contributed by atoms with Crippen molar-refractivity contribution in [3.05, 3.63) is 75.9 Å². The van der Waals surface area contributed by atoms with Gasteiger partial charge in [-0.15, -0.1) is 0 Å². The molecule has 3 aromatic carbocycles. The van der Waals surface area contributed by atoms with Crippen molar-refractivity contribution in [3.8, 4) is 6.01 Å². The van der Waals surface area contributed by atoms with E-state index >= 15 is 0 Å². The van der Waals surface area contributed by atoms with E-state index in [-0.39, 0.29) is 19.1 Å². The van der Waals surface area contributed by atoms with Gasteiger partial charge in [-0.05, 0) is 56.9 Å². The number of ether oxygens (including phenoxy) is 1. The van der Waals surface area contributed by atoms with Crippen LogP contribution in [0.4, 0.5) is 40.4 Å². The lowest BCUT2D eigenvalue weighted by Crippen LogP contribution is -2.48. The van der Waals surface area contributed by atoms with Gasteiger partial charge in [0, 0.05) is 56.4 Å². The van der Waals surface area contributed by atoms with Gasteiger partial charge in [-0.25, -0.2) is 17.6 Å². The highest BCUT2D eigenvalue weighted by Gasteiger charge is 2.32. The molecule has 47 heavy (non-hydrogen) atoms. The van der Waals surface area contributed by atoms with E-state index in [2.05, 4.69) is 32.1 Å². The first kappa shape index (κ1) is 32.9. The monoisotopic (exact) mass is 671 g/mol. The number of halogens is 5. The molecule has 1 N–H and O–H groups in total. The van der Waals surface area contributed by atoms with Crippen LogP contribution in [0.15, 0.2) is 36.4 Å². The molecule has 1 aromatic heterocycles. The summed E-state index contributed by atoms with van der Waals surface area (Å²) in [5, 5.41) is 4.88. The molecule has 0 saturated carbocycles. The molecule has 250 valence electrons. The molecule has 3 aliphatic heterocycles. The molecule has 4 aromatic rings. The van der Waals surface area contributed by atoms with Crippen LogP contribution in [0.3, 0.4) is 0 Å². The van der Waals surface area contributed by atoms with Crippen molar-refractivity contribution in [1.29, 1.82) is 0 Å². The van der Waals surface area contributed by atoms with Gasteiger partial charge in [-0.2, -0.15) is 9.97 Å². The number of anilines is 4. The maximum Gasteiger partial charge on any atom is 0.318 e. The molecule has 2 saturated heterocycles. The summed E-state index contributed by atoms with van der Waals surface area (Å²) in [6.07, 6.45) is 3.48. The average molecular weight is 672 g/mol. The molecule has 0 aliphatic carbocycles. The molecule has 7 rings (SSSR count). The maximum atomic E-state index is 14.8. The summed E-state index contributed by atoms with van der Waals surface area (Å²) in [6.45, 7) is 4.77. The van der Waals surface area contributed by atoms with E-state index in [1.54, 1.807) is 0 Å². The van der Waals surface area contributed by atoms with Crippen molar-refractivity contribution in [2.75, 3.05) is 87.0 Å².